The highest BCUT2D eigenvalue weighted by Crippen LogP contribution is 2.20. The first kappa shape index (κ1) is 16.6. The van der Waals surface area contributed by atoms with Gasteiger partial charge in [0.2, 0.25) is 5.91 Å². The van der Waals surface area contributed by atoms with Crippen molar-refractivity contribution in [1.82, 2.24) is 15.1 Å². The largest absolute Gasteiger partial charge is 0.378 e. The van der Waals surface area contributed by atoms with E-state index >= 15 is 0 Å². The average Bonchev–Trinajstić information content (AvgIpc) is 2.86. The Morgan fingerprint density at radius 3 is 2.92 bits per heavy atom. The number of aryl methyl sites for hydroxylation is 2. The molecule has 6 nitrogen and oxygen atoms in total. The molecule has 3 rings (SSSR count). The topological polar surface area (TPSA) is 68.2 Å². The predicted molar refractivity (Wildman–Crippen MR) is 88.9 cm³/mol. The summed E-state index contributed by atoms with van der Waals surface area (Å²) in [5, 5.41) is 10.2. The van der Waals surface area contributed by atoms with Crippen LogP contribution in [0.2, 0.25) is 0 Å². The number of rotatable bonds is 4. The van der Waals surface area contributed by atoms with Crippen LogP contribution in [-0.4, -0.2) is 41.5 Å². The molecule has 1 amide bonds. The van der Waals surface area contributed by atoms with Gasteiger partial charge in [0.15, 0.2) is 5.82 Å². The van der Waals surface area contributed by atoms with Crippen LogP contribution in [0.15, 0.2) is 24.3 Å². The number of halogens is 1. The number of carbonyl (C=O) groups excluding carboxylic acids is 1. The van der Waals surface area contributed by atoms with Gasteiger partial charge in [-0.3, -0.25) is 4.79 Å². The zero-order valence-electron chi connectivity index (χ0n) is 13.8. The Kier molecular flexibility index (Phi) is 4.92. The highest BCUT2D eigenvalue weighted by atomic mass is 19.1. The van der Waals surface area contributed by atoms with Gasteiger partial charge in [-0.1, -0.05) is 0 Å². The summed E-state index contributed by atoms with van der Waals surface area (Å²) in [6, 6.07) is 6.49. The normalized spacial score (nSPS) is 17.7. The number of hydrogen-bond donors (Lipinski definition) is 2. The van der Waals surface area contributed by atoms with Crippen LogP contribution < -0.4 is 10.6 Å². The number of amides is 1. The molecule has 0 saturated carbocycles. The number of benzene rings is 1. The lowest BCUT2D eigenvalue weighted by Crippen LogP contribution is -2.43. The Labute approximate surface area is 140 Å². The lowest BCUT2D eigenvalue weighted by atomic mass is 10.2. The molecule has 1 aromatic carbocycles. The number of aromatic nitrogens is 2. The molecule has 1 aromatic heterocycles. The van der Waals surface area contributed by atoms with E-state index in [9.17, 15) is 9.18 Å². The third-order valence-electron chi connectivity index (χ3n) is 3.90. The highest BCUT2D eigenvalue weighted by molar-refractivity contribution is 5.91. The lowest BCUT2D eigenvalue weighted by Gasteiger charge is -2.23. The minimum Gasteiger partial charge on any atom is -0.378 e. The SMILES string of the molecule is Cc1cc(C)n(-c2ccc(NC(=O)CC3COCCN3)cc2F)n1. The first-order valence-electron chi connectivity index (χ1n) is 7.97. The third kappa shape index (κ3) is 3.80. The molecule has 1 aliphatic rings. The fraction of sp³-hybridized carbons (Fsp3) is 0.412. The Balaban J connectivity index is 1.68. The second-order valence-electron chi connectivity index (χ2n) is 5.98. The molecule has 0 radical (unpaired) electrons. The summed E-state index contributed by atoms with van der Waals surface area (Å²) in [4.78, 5) is 12.1. The quantitative estimate of drug-likeness (QED) is 0.898. The van der Waals surface area contributed by atoms with Gasteiger partial charge in [-0.05, 0) is 38.1 Å². The van der Waals surface area contributed by atoms with E-state index in [1.807, 2.05) is 19.9 Å². The first-order chi connectivity index (χ1) is 11.5. The van der Waals surface area contributed by atoms with E-state index in [2.05, 4.69) is 15.7 Å². The number of nitrogens with zero attached hydrogens (tertiary/aromatic N) is 2. The third-order valence-corrected chi connectivity index (χ3v) is 3.90. The number of carbonyl (C=O) groups is 1. The van der Waals surface area contributed by atoms with Gasteiger partial charge < -0.3 is 15.4 Å². The van der Waals surface area contributed by atoms with Crippen molar-refractivity contribution in [2.75, 3.05) is 25.1 Å². The molecule has 1 atom stereocenters. The summed E-state index contributed by atoms with van der Waals surface area (Å²) in [7, 11) is 0. The summed E-state index contributed by atoms with van der Waals surface area (Å²) in [6.07, 6.45) is 0.292. The molecule has 0 aliphatic carbocycles. The van der Waals surface area contributed by atoms with E-state index < -0.39 is 5.82 Å². The van der Waals surface area contributed by atoms with E-state index in [1.165, 1.54) is 6.07 Å². The Morgan fingerprint density at radius 2 is 2.29 bits per heavy atom. The molecule has 7 heteroatoms. The average molecular weight is 332 g/mol. The summed E-state index contributed by atoms with van der Waals surface area (Å²) in [5.74, 6) is -0.602. The van der Waals surface area contributed by atoms with Crippen LogP contribution in [0, 0.1) is 19.7 Å². The van der Waals surface area contributed by atoms with Gasteiger partial charge in [0.1, 0.15) is 5.69 Å². The number of hydrogen-bond acceptors (Lipinski definition) is 4. The molecule has 1 unspecified atom stereocenters. The second-order valence-corrected chi connectivity index (χ2v) is 5.98. The molecule has 0 bridgehead atoms. The fourth-order valence-electron chi connectivity index (χ4n) is 2.82. The predicted octanol–water partition coefficient (Wildman–Crippen LogP) is 1.95. The van der Waals surface area contributed by atoms with E-state index in [1.54, 1.807) is 16.8 Å². The molecule has 1 saturated heterocycles. The van der Waals surface area contributed by atoms with Crippen molar-refractivity contribution in [3.8, 4) is 5.69 Å². The van der Waals surface area contributed by atoms with E-state index in [0.717, 1.165) is 17.9 Å². The molecule has 2 aromatic rings. The van der Waals surface area contributed by atoms with Crippen molar-refractivity contribution in [3.63, 3.8) is 0 Å². The number of morpholine rings is 1. The van der Waals surface area contributed by atoms with Crippen molar-refractivity contribution in [2.24, 2.45) is 0 Å². The lowest BCUT2D eigenvalue weighted by molar-refractivity contribution is -0.117. The van der Waals surface area contributed by atoms with Gasteiger partial charge in [-0.15, -0.1) is 0 Å². The summed E-state index contributed by atoms with van der Waals surface area (Å²) >= 11 is 0. The molecule has 128 valence electrons. The highest BCUT2D eigenvalue weighted by Gasteiger charge is 2.17. The van der Waals surface area contributed by atoms with Gasteiger partial charge in [0.25, 0.3) is 0 Å². The summed E-state index contributed by atoms with van der Waals surface area (Å²) in [5.41, 5.74) is 2.47. The molecule has 2 N–H and O–H groups in total. The molecule has 1 aliphatic heterocycles. The van der Waals surface area contributed by atoms with Gasteiger partial charge in [-0.25, -0.2) is 9.07 Å². The minimum atomic E-state index is -0.432. The van der Waals surface area contributed by atoms with Crippen LogP contribution >= 0.6 is 0 Å². The monoisotopic (exact) mass is 332 g/mol. The standard InChI is InChI=1S/C17H21FN4O2/c1-11-7-12(2)22(21-11)16-4-3-13(8-15(16)18)20-17(23)9-14-10-24-6-5-19-14/h3-4,7-8,14,19H,5-6,9-10H2,1-2H3,(H,20,23). The number of anilines is 1. The van der Waals surface area contributed by atoms with Crippen molar-refractivity contribution >= 4 is 11.6 Å². The van der Waals surface area contributed by atoms with Crippen molar-refractivity contribution in [1.29, 1.82) is 0 Å². The molecular formula is C17H21FN4O2. The minimum absolute atomic E-state index is 0.00225. The van der Waals surface area contributed by atoms with Crippen molar-refractivity contribution in [2.45, 2.75) is 26.3 Å². The van der Waals surface area contributed by atoms with E-state index in [4.69, 9.17) is 4.74 Å². The smallest absolute Gasteiger partial charge is 0.226 e. The van der Waals surface area contributed by atoms with E-state index in [-0.39, 0.29) is 11.9 Å². The molecule has 0 spiro atoms. The summed E-state index contributed by atoms with van der Waals surface area (Å²) < 4.78 is 21.3. The Bertz CT molecular complexity index is 738. The van der Waals surface area contributed by atoms with Crippen molar-refractivity contribution < 1.29 is 13.9 Å². The van der Waals surface area contributed by atoms with Gasteiger partial charge in [0, 0.05) is 30.4 Å². The molecule has 2 heterocycles. The maximum atomic E-state index is 14.4. The van der Waals surface area contributed by atoms with Gasteiger partial charge >= 0.3 is 0 Å². The molecule has 24 heavy (non-hydrogen) atoms. The van der Waals surface area contributed by atoms with Gasteiger partial charge in [-0.2, -0.15) is 5.10 Å². The first-order valence-corrected chi connectivity index (χ1v) is 7.97. The fourth-order valence-corrected chi connectivity index (χ4v) is 2.82. The van der Waals surface area contributed by atoms with E-state index in [0.29, 0.717) is 31.0 Å². The maximum absolute atomic E-state index is 14.4. The maximum Gasteiger partial charge on any atom is 0.226 e. The summed E-state index contributed by atoms with van der Waals surface area (Å²) in [6.45, 7) is 5.65. The van der Waals surface area contributed by atoms with Crippen LogP contribution in [0.4, 0.5) is 10.1 Å². The van der Waals surface area contributed by atoms with Crippen molar-refractivity contribution in [3.05, 3.63) is 41.5 Å². The Hall–Kier alpha value is -2.25. The Morgan fingerprint density at radius 1 is 1.46 bits per heavy atom. The van der Waals surface area contributed by atoms with Crippen LogP contribution in [-0.2, 0) is 9.53 Å². The second kappa shape index (κ2) is 7.11. The number of nitrogens with one attached hydrogen (secondary N) is 2. The number of ether oxygens (including phenoxy) is 1. The van der Waals surface area contributed by atoms with Crippen LogP contribution in [0.3, 0.4) is 0 Å². The van der Waals surface area contributed by atoms with Crippen LogP contribution in [0.25, 0.3) is 5.69 Å². The zero-order valence-corrected chi connectivity index (χ0v) is 13.8. The van der Waals surface area contributed by atoms with Gasteiger partial charge in [0.05, 0.1) is 18.9 Å². The zero-order chi connectivity index (χ0) is 17.1. The van der Waals surface area contributed by atoms with Crippen LogP contribution in [0.5, 0.6) is 0 Å². The molecule has 1 fully saturated rings. The molecular weight excluding hydrogens is 311 g/mol. The van der Waals surface area contributed by atoms with Crippen LogP contribution in [0.1, 0.15) is 17.8 Å².